The lowest BCUT2D eigenvalue weighted by Gasteiger charge is -2.14. The fourth-order valence-corrected chi connectivity index (χ4v) is 3.65. The van der Waals surface area contributed by atoms with Crippen LogP contribution in [0.5, 0.6) is 17.2 Å². The van der Waals surface area contributed by atoms with Crippen LogP contribution in [0.3, 0.4) is 0 Å². The Morgan fingerprint density at radius 2 is 1.81 bits per heavy atom. The molecule has 7 heteroatoms. The molecule has 0 saturated heterocycles. The quantitative estimate of drug-likeness (QED) is 0.253. The van der Waals surface area contributed by atoms with E-state index < -0.39 is 5.91 Å². The van der Waals surface area contributed by atoms with Crippen LogP contribution in [0.2, 0.25) is 0 Å². The van der Waals surface area contributed by atoms with Crippen molar-refractivity contribution in [1.82, 2.24) is 0 Å². The standard InChI is InChI=1S/C24H20INO5/c1-30-22-12-15(8-9-21(28)17-5-3-7-19(27)13-17)11-20(25)23(22)31-14-16-4-2-6-18(10-16)24(26)29/h2-13,27H,14H2,1H3,(H2,26,29). The van der Waals surface area contributed by atoms with E-state index in [9.17, 15) is 14.7 Å². The number of methoxy groups -OCH3 is 1. The topological polar surface area (TPSA) is 98.8 Å². The molecule has 0 aliphatic carbocycles. The molecule has 0 radical (unpaired) electrons. The monoisotopic (exact) mass is 529 g/mol. The van der Waals surface area contributed by atoms with E-state index in [1.54, 1.807) is 42.5 Å². The number of rotatable bonds is 8. The number of ether oxygens (including phenoxy) is 2. The van der Waals surface area contributed by atoms with Gasteiger partial charge in [0.2, 0.25) is 5.91 Å². The molecule has 6 nitrogen and oxygen atoms in total. The first-order chi connectivity index (χ1) is 14.9. The van der Waals surface area contributed by atoms with Crippen molar-refractivity contribution in [2.24, 2.45) is 5.73 Å². The SMILES string of the molecule is COc1cc(C=CC(=O)c2cccc(O)c2)cc(I)c1OCc1cccc(C(N)=O)c1. The average Bonchev–Trinajstić information content (AvgIpc) is 2.76. The number of phenolic OH excluding ortho intramolecular Hbond substituents is 1. The van der Waals surface area contributed by atoms with E-state index in [1.807, 2.05) is 12.1 Å². The van der Waals surface area contributed by atoms with Gasteiger partial charge in [0.05, 0.1) is 10.7 Å². The fourth-order valence-electron chi connectivity index (χ4n) is 2.87. The van der Waals surface area contributed by atoms with E-state index in [1.165, 1.54) is 25.3 Å². The van der Waals surface area contributed by atoms with Gasteiger partial charge in [-0.15, -0.1) is 0 Å². The summed E-state index contributed by atoms with van der Waals surface area (Å²) in [5.41, 5.74) is 7.70. The maximum atomic E-state index is 12.3. The predicted molar refractivity (Wildman–Crippen MR) is 126 cm³/mol. The number of hydrogen-bond acceptors (Lipinski definition) is 5. The van der Waals surface area contributed by atoms with Crippen LogP contribution in [0.4, 0.5) is 0 Å². The summed E-state index contributed by atoms with van der Waals surface area (Å²) >= 11 is 2.14. The molecule has 0 fully saturated rings. The van der Waals surface area contributed by atoms with Crippen LogP contribution in [-0.2, 0) is 6.61 Å². The molecule has 3 N–H and O–H groups in total. The lowest BCUT2D eigenvalue weighted by Crippen LogP contribution is -2.11. The Labute approximate surface area is 193 Å². The first-order valence-electron chi connectivity index (χ1n) is 9.28. The van der Waals surface area contributed by atoms with Gasteiger partial charge in [-0.25, -0.2) is 0 Å². The van der Waals surface area contributed by atoms with Crippen LogP contribution in [0, 0.1) is 3.57 Å². The summed E-state index contributed by atoms with van der Waals surface area (Å²) in [5.74, 6) is 0.398. The van der Waals surface area contributed by atoms with Crippen LogP contribution in [0.25, 0.3) is 6.08 Å². The number of amides is 1. The third-order valence-corrected chi connectivity index (χ3v) is 5.21. The summed E-state index contributed by atoms with van der Waals surface area (Å²) < 4.78 is 12.2. The highest BCUT2D eigenvalue weighted by Gasteiger charge is 2.12. The number of carbonyl (C=O) groups excluding carboxylic acids is 2. The summed E-state index contributed by atoms with van der Waals surface area (Å²) in [6, 6.07) is 16.7. The molecule has 0 spiro atoms. The average molecular weight is 529 g/mol. The van der Waals surface area contributed by atoms with Crippen molar-refractivity contribution in [3.8, 4) is 17.2 Å². The minimum absolute atomic E-state index is 0.0401. The Morgan fingerprint density at radius 3 is 2.52 bits per heavy atom. The summed E-state index contributed by atoms with van der Waals surface area (Å²) in [7, 11) is 1.54. The molecule has 0 aliphatic heterocycles. The maximum absolute atomic E-state index is 12.3. The summed E-state index contributed by atoms with van der Waals surface area (Å²) in [5, 5.41) is 9.53. The van der Waals surface area contributed by atoms with Crippen LogP contribution >= 0.6 is 22.6 Å². The molecule has 0 atom stereocenters. The second-order valence-corrected chi connectivity index (χ2v) is 7.80. The van der Waals surface area contributed by atoms with E-state index in [-0.39, 0.29) is 18.1 Å². The van der Waals surface area contributed by atoms with Gasteiger partial charge in [0.1, 0.15) is 12.4 Å². The second-order valence-electron chi connectivity index (χ2n) is 6.64. The molecule has 31 heavy (non-hydrogen) atoms. The van der Waals surface area contributed by atoms with E-state index in [0.29, 0.717) is 22.6 Å². The van der Waals surface area contributed by atoms with Gasteiger partial charge < -0.3 is 20.3 Å². The van der Waals surface area contributed by atoms with Crippen molar-refractivity contribution in [3.63, 3.8) is 0 Å². The summed E-state index contributed by atoms with van der Waals surface area (Å²) in [6.45, 7) is 0.235. The Morgan fingerprint density at radius 1 is 1.06 bits per heavy atom. The van der Waals surface area contributed by atoms with Crippen molar-refractivity contribution in [2.75, 3.05) is 7.11 Å². The number of ketones is 1. The molecule has 0 unspecified atom stereocenters. The molecular formula is C24H20INO5. The highest BCUT2D eigenvalue weighted by molar-refractivity contribution is 14.1. The molecule has 158 valence electrons. The molecule has 3 aromatic rings. The third-order valence-electron chi connectivity index (χ3n) is 4.40. The number of aromatic hydroxyl groups is 1. The number of halogens is 1. The normalized spacial score (nSPS) is 10.8. The smallest absolute Gasteiger partial charge is 0.248 e. The Bertz CT molecular complexity index is 1160. The lowest BCUT2D eigenvalue weighted by atomic mass is 10.1. The number of benzene rings is 3. The number of phenols is 1. The van der Waals surface area contributed by atoms with Crippen molar-refractivity contribution in [2.45, 2.75) is 6.61 Å². The van der Waals surface area contributed by atoms with Crippen LogP contribution < -0.4 is 15.2 Å². The molecular weight excluding hydrogens is 509 g/mol. The van der Waals surface area contributed by atoms with Gasteiger partial charge in [-0.1, -0.05) is 30.3 Å². The van der Waals surface area contributed by atoms with Gasteiger partial charge >= 0.3 is 0 Å². The van der Waals surface area contributed by atoms with E-state index in [2.05, 4.69) is 22.6 Å². The van der Waals surface area contributed by atoms with Crippen LogP contribution in [0.1, 0.15) is 31.8 Å². The zero-order valence-electron chi connectivity index (χ0n) is 16.7. The van der Waals surface area contributed by atoms with Gasteiger partial charge in [-0.2, -0.15) is 0 Å². The van der Waals surface area contributed by atoms with Crippen LogP contribution in [-0.4, -0.2) is 23.9 Å². The molecule has 0 heterocycles. The minimum Gasteiger partial charge on any atom is -0.508 e. The Hall–Kier alpha value is -3.33. The van der Waals surface area contributed by atoms with Gasteiger partial charge in [0, 0.05) is 11.1 Å². The fraction of sp³-hybridized carbons (Fsp3) is 0.0833. The highest BCUT2D eigenvalue weighted by atomic mass is 127. The number of primary amides is 1. The summed E-state index contributed by atoms with van der Waals surface area (Å²) in [6.07, 6.45) is 3.12. The van der Waals surface area contributed by atoms with Crippen molar-refractivity contribution in [3.05, 3.63) is 92.6 Å². The largest absolute Gasteiger partial charge is 0.508 e. The lowest BCUT2D eigenvalue weighted by molar-refractivity contribution is 0.0998. The van der Waals surface area contributed by atoms with Gasteiger partial charge in [0.25, 0.3) is 0 Å². The van der Waals surface area contributed by atoms with Gasteiger partial charge in [-0.3, -0.25) is 9.59 Å². The Kier molecular flexibility index (Phi) is 7.30. The molecule has 3 rings (SSSR count). The van der Waals surface area contributed by atoms with E-state index in [4.69, 9.17) is 15.2 Å². The first-order valence-corrected chi connectivity index (χ1v) is 10.4. The van der Waals surface area contributed by atoms with Crippen molar-refractivity contribution in [1.29, 1.82) is 0 Å². The number of carbonyl (C=O) groups is 2. The zero-order chi connectivity index (χ0) is 22.4. The second kappa shape index (κ2) is 10.1. The first kappa shape index (κ1) is 22.4. The number of hydrogen-bond donors (Lipinski definition) is 2. The molecule has 0 saturated carbocycles. The minimum atomic E-state index is -0.495. The summed E-state index contributed by atoms with van der Waals surface area (Å²) in [4.78, 5) is 23.7. The van der Waals surface area contributed by atoms with Gasteiger partial charge in [0.15, 0.2) is 17.3 Å². The third kappa shape index (κ3) is 5.85. The number of allylic oxidation sites excluding steroid dienone is 1. The molecule has 0 aliphatic rings. The number of nitrogens with two attached hydrogens (primary N) is 1. The van der Waals surface area contributed by atoms with Crippen molar-refractivity contribution < 1.29 is 24.2 Å². The molecule has 0 bridgehead atoms. The van der Waals surface area contributed by atoms with E-state index >= 15 is 0 Å². The highest BCUT2D eigenvalue weighted by Crippen LogP contribution is 2.35. The molecule has 0 aromatic heterocycles. The zero-order valence-corrected chi connectivity index (χ0v) is 18.8. The predicted octanol–water partition coefficient (Wildman–Crippen LogP) is 4.58. The van der Waals surface area contributed by atoms with Crippen molar-refractivity contribution >= 4 is 40.4 Å². The maximum Gasteiger partial charge on any atom is 0.248 e. The van der Waals surface area contributed by atoms with Crippen LogP contribution in [0.15, 0.2) is 66.7 Å². The molecule has 1 amide bonds. The molecule has 3 aromatic carbocycles. The van der Waals surface area contributed by atoms with Gasteiger partial charge in [-0.05, 0) is 76.2 Å². The Balaban J connectivity index is 1.77. The van der Waals surface area contributed by atoms with E-state index in [0.717, 1.165) is 14.7 Å².